The van der Waals surface area contributed by atoms with Gasteiger partial charge in [-0.3, -0.25) is 9.59 Å². The van der Waals surface area contributed by atoms with E-state index in [0.717, 1.165) is 0 Å². The van der Waals surface area contributed by atoms with Crippen molar-refractivity contribution < 1.29 is 19.1 Å². The molecule has 0 amide bonds. The van der Waals surface area contributed by atoms with Crippen LogP contribution in [0.5, 0.6) is 5.75 Å². The fourth-order valence-corrected chi connectivity index (χ4v) is 2.55. The first kappa shape index (κ1) is 11.2. The normalized spacial score (nSPS) is 22.0. The number of benzene rings is 1. The van der Waals surface area contributed by atoms with Gasteiger partial charge in [0.1, 0.15) is 5.75 Å². The smallest absolute Gasteiger partial charge is 0.196 e. The maximum Gasteiger partial charge on any atom is 0.196 e. The van der Waals surface area contributed by atoms with Crippen molar-refractivity contribution >= 4 is 11.6 Å². The summed E-state index contributed by atoms with van der Waals surface area (Å²) >= 11 is 0. The number of ketones is 2. The van der Waals surface area contributed by atoms with E-state index in [1.54, 1.807) is 25.1 Å². The van der Waals surface area contributed by atoms with E-state index in [-0.39, 0.29) is 24.3 Å². The number of methoxy groups -OCH3 is 1. The van der Waals surface area contributed by atoms with Crippen LogP contribution in [0.3, 0.4) is 0 Å². The summed E-state index contributed by atoms with van der Waals surface area (Å²) in [4.78, 5) is 24.8. The Kier molecular flexibility index (Phi) is 2.35. The molecule has 4 nitrogen and oxygen atoms in total. The summed E-state index contributed by atoms with van der Waals surface area (Å²) in [5, 5.41) is 0. The quantitative estimate of drug-likeness (QED) is 0.755. The molecule has 1 atom stereocenters. The highest BCUT2D eigenvalue weighted by atomic mass is 16.5. The van der Waals surface area contributed by atoms with Crippen molar-refractivity contribution in [1.29, 1.82) is 0 Å². The highest BCUT2D eigenvalue weighted by Gasteiger charge is 2.40. The average Bonchev–Trinajstić information content (AvgIpc) is 2.77. The van der Waals surface area contributed by atoms with Crippen molar-refractivity contribution in [3.05, 3.63) is 40.5 Å². The fourth-order valence-electron chi connectivity index (χ4n) is 2.55. The summed E-state index contributed by atoms with van der Waals surface area (Å²) < 4.78 is 10.6. The number of rotatable bonds is 1. The molecule has 0 saturated carbocycles. The summed E-state index contributed by atoms with van der Waals surface area (Å²) in [5.74, 6) is 0.168. The Bertz CT molecular complexity index is 598. The van der Waals surface area contributed by atoms with Crippen molar-refractivity contribution in [3.63, 3.8) is 0 Å². The summed E-state index contributed by atoms with van der Waals surface area (Å²) in [6, 6.07) is 5.06. The van der Waals surface area contributed by atoms with Crippen LogP contribution in [0.25, 0.3) is 0 Å². The Morgan fingerprint density at radius 3 is 2.78 bits per heavy atom. The lowest BCUT2D eigenvalue weighted by molar-refractivity contribution is 0.0958. The second-order valence-electron chi connectivity index (χ2n) is 4.39. The van der Waals surface area contributed by atoms with Gasteiger partial charge in [-0.2, -0.15) is 0 Å². The van der Waals surface area contributed by atoms with Gasteiger partial charge in [0, 0.05) is 16.7 Å². The largest absolute Gasteiger partial charge is 0.496 e. The van der Waals surface area contributed by atoms with Gasteiger partial charge < -0.3 is 9.47 Å². The molecule has 1 aliphatic carbocycles. The topological polar surface area (TPSA) is 52.6 Å². The van der Waals surface area contributed by atoms with Gasteiger partial charge >= 0.3 is 0 Å². The molecule has 1 unspecified atom stereocenters. The SMILES string of the molecule is COc1cccc2c1C(=O)C1=C(COC1C)C2=O. The molecular weight excluding hydrogens is 232 g/mol. The van der Waals surface area contributed by atoms with Crippen LogP contribution in [-0.4, -0.2) is 31.4 Å². The summed E-state index contributed by atoms with van der Waals surface area (Å²) in [5.41, 5.74) is 1.75. The average molecular weight is 244 g/mol. The third-order valence-electron chi connectivity index (χ3n) is 3.45. The van der Waals surface area contributed by atoms with Crippen LogP contribution in [0.2, 0.25) is 0 Å². The van der Waals surface area contributed by atoms with E-state index in [1.807, 2.05) is 0 Å². The van der Waals surface area contributed by atoms with Gasteiger partial charge in [-0.15, -0.1) is 0 Å². The van der Waals surface area contributed by atoms with Crippen molar-refractivity contribution in [2.24, 2.45) is 0 Å². The maximum atomic E-state index is 12.5. The lowest BCUT2D eigenvalue weighted by Gasteiger charge is -2.19. The molecule has 18 heavy (non-hydrogen) atoms. The lowest BCUT2D eigenvalue weighted by Crippen LogP contribution is -2.24. The van der Waals surface area contributed by atoms with Crippen molar-refractivity contribution in [1.82, 2.24) is 0 Å². The van der Waals surface area contributed by atoms with E-state index >= 15 is 0 Å². The van der Waals surface area contributed by atoms with E-state index in [9.17, 15) is 9.59 Å². The third kappa shape index (κ3) is 1.29. The molecule has 0 saturated heterocycles. The molecule has 92 valence electrons. The van der Waals surface area contributed by atoms with Gasteiger partial charge in [0.15, 0.2) is 11.6 Å². The first-order valence-corrected chi connectivity index (χ1v) is 5.76. The predicted octanol–water partition coefficient (Wildman–Crippen LogP) is 1.79. The van der Waals surface area contributed by atoms with E-state index in [2.05, 4.69) is 0 Å². The van der Waals surface area contributed by atoms with Crippen molar-refractivity contribution in [2.45, 2.75) is 13.0 Å². The zero-order valence-corrected chi connectivity index (χ0v) is 10.1. The van der Waals surface area contributed by atoms with Gasteiger partial charge in [0.2, 0.25) is 0 Å². The Morgan fingerprint density at radius 1 is 1.28 bits per heavy atom. The van der Waals surface area contributed by atoms with E-state index in [4.69, 9.17) is 9.47 Å². The monoisotopic (exact) mass is 244 g/mol. The van der Waals surface area contributed by atoms with Crippen LogP contribution in [-0.2, 0) is 4.74 Å². The number of hydrogen-bond acceptors (Lipinski definition) is 4. The van der Waals surface area contributed by atoms with Crippen LogP contribution in [0, 0.1) is 0 Å². The van der Waals surface area contributed by atoms with Gasteiger partial charge in [0.25, 0.3) is 0 Å². The minimum Gasteiger partial charge on any atom is -0.496 e. The maximum absolute atomic E-state index is 12.5. The summed E-state index contributed by atoms with van der Waals surface area (Å²) in [6.45, 7) is 2.01. The van der Waals surface area contributed by atoms with E-state index < -0.39 is 0 Å². The second kappa shape index (κ2) is 3.78. The minimum atomic E-state index is -0.325. The molecule has 2 aliphatic rings. The van der Waals surface area contributed by atoms with Crippen LogP contribution in [0.15, 0.2) is 29.3 Å². The molecule has 3 rings (SSSR count). The molecule has 1 heterocycles. The molecule has 0 N–H and O–H groups in total. The van der Waals surface area contributed by atoms with E-state index in [1.165, 1.54) is 7.11 Å². The summed E-state index contributed by atoms with van der Waals surface area (Å²) in [7, 11) is 1.49. The molecule has 1 aliphatic heterocycles. The number of hydrogen-bond donors (Lipinski definition) is 0. The van der Waals surface area contributed by atoms with Crippen molar-refractivity contribution in [2.75, 3.05) is 13.7 Å². The van der Waals surface area contributed by atoms with Gasteiger partial charge in [-0.25, -0.2) is 0 Å². The molecule has 0 fully saturated rings. The number of carbonyl (C=O) groups excluding carboxylic acids is 2. The number of carbonyl (C=O) groups is 2. The van der Waals surface area contributed by atoms with Gasteiger partial charge in [-0.05, 0) is 13.0 Å². The first-order chi connectivity index (χ1) is 8.65. The van der Waals surface area contributed by atoms with Gasteiger partial charge in [-0.1, -0.05) is 12.1 Å². The van der Waals surface area contributed by atoms with Crippen LogP contribution >= 0.6 is 0 Å². The van der Waals surface area contributed by atoms with Crippen LogP contribution in [0.4, 0.5) is 0 Å². The Labute approximate surface area is 104 Å². The molecule has 0 aromatic heterocycles. The zero-order chi connectivity index (χ0) is 12.9. The molecule has 4 heteroatoms. The Balaban J connectivity index is 2.26. The third-order valence-corrected chi connectivity index (χ3v) is 3.45. The highest BCUT2D eigenvalue weighted by molar-refractivity contribution is 6.28. The standard InChI is InChI=1S/C14H12O4/c1-7-11-9(6-18-7)13(15)8-4-3-5-10(17-2)12(8)14(11)16/h3-5,7H,6H2,1-2H3. The van der Waals surface area contributed by atoms with E-state index in [0.29, 0.717) is 28.0 Å². The minimum absolute atomic E-state index is 0.122. The first-order valence-electron chi connectivity index (χ1n) is 5.76. The molecular formula is C14H12O4. The van der Waals surface area contributed by atoms with Crippen molar-refractivity contribution in [3.8, 4) is 5.75 Å². The Hall–Kier alpha value is -1.94. The molecule has 0 bridgehead atoms. The fraction of sp³-hybridized carbons (Fsp3) is 0.286. The van der Waals surface area contributed by atoms with Crippen LogP contribution < -0.4 is 4.74 Å². The predicted molar refractivity (Wildman–Crippen MR) is 64.1 cm³/mol. The molecule has 1 aromatic rings. The van der Waals surface area contributed by atoms with Gasteiger partial charge in [0.05, 0.1) is 25.4 Å². The molecule has 0 radical (unpaired) electrons. The number of fused-ring (bicyclic) bond motifs is 1. The Morgan fingerprint density at radius 2 is 2.06 bits per heavy atom. The molecule has 1 aromatic carbocycles. The van der Waals surface area contributed by atoms with Crippen LogP contribution in [0.1, 0.15) is 27.6 Å². The zero-order valence-electron chi connectivity index (χ0n) is 10.1. The number of ether oxygens (including phenoxy) is 2. The second-order valence-corrected chi connectivity index (χ2v) is 4.39. The molecule has 0 spiro atoms. The highest BCUT2D eigenvalue weighted by Crippen LogP contribution is 2.37. The lowest BCUT2D eigenvalue weighted by atomic mass is 9.83. The summed E-state index contributed by atoms with van der Waals surface area (Å²) in [6.07, 6.45) is -0.325. The number of Topliss-reactive ketones (excluding diaryl/α,β-unsaturated/α-hetero) is 2.